The molecular formula is C13H12IN3O2. The van der Waals surface area contributed by atoms with Gasteiger partial charge in [-0.15, -0.1) is 0 Å². The summed E-state index contributed by atoms with van der Waals surface area (Å²) in [7, 11) is 0. The van der Waals surface area contributed by atoms with Crippen LogP contribution < -0.4 is 11.3 Å². The van der Waals surface area contributed by atoms with Crippen molar-refractivity contribution in [1.29, 1.82) is 0 Å². The maximum absolute atomic E-state index is 12.0. The van der Waals surface area contributed by atoms with Gasteiger partial charge in [0.25, 0.3) is 5.56 Å². The standard InChI is InChI=1S/C13H12IN3O2/c1-8-11(14)13(19)17(7-16-8)6-9-3-2-4-10(5-9)12(15)18/h2-5,7H,6H2,1H3,(H2,15,18). The van der Waals surface area contributed by atoms with Crippen molar-refractivity contribution in [3.05, 3.63) is 61.3 Å². The van der Waals surface area contributed by atoms with Gasteiger partial charge in [-0.1, -0.05) is 12.1 Å². The van der Waals surface area contributed by atoms with Crippen LogP contribution in [0, 0.1) is 10.5 Å². The summed E-state index contributed by atoms with van der Waals surface area (Å²) in [6, 6.07) is 6.91. The van der Waals surface area contributed by atoms with Gasteiger partial charge in [-0.05, 0) is 47.2 Å². The number of primary amides is 1. The summed E-state index contributed by atoms with van der Waals surface area (Å²) < 4.78 is 2.11. The largest absolute Gasteiger partial charge is 0.366 e. The Labute approximate surface area is 123 Å². The first-order chi connectivity index (χ1) is 8.99. The first kappa shape index (κ1) is 13.7. The van der Waals surface area contributed by atoms with E-state index in [4.69, 9.17) is 5.73 Å². The highest BCUT2D eigenvalue weighted by molar-refractivity contribution is 14.1. The number of aryl methyl sites for hydroxylation is 1. The number of nitrogens with two attached hydrogens (primary N) is 1. The van der Waals surface area contributed by atoms with Gasteiger partial charge in [-0.25, -0.2) is 4.98 Å². The van der Waals surface area contributed by atoms with E-state index in [-0.39, 0.29) is 5.56 Å². The number of nitrogens with zero attached hydrogens (tertiary/aromatic N) is 2. The molecule has 0 fully saturated rings. The molecule has 1 aromatic heterocycles. The van der Waals surface area contributed by atoms with Crippen LogP contribution in [0.15, 0.2) is 35.4 Å². The second-order valence-electron chi connectivity index (χ2n) is 4.14. The molecule has 0 aliphatic carbocycles. The molecule has 1 heterocycles. The van der Waals surface area contributed by atoms with Gasteiger partial charge < -0.3 is 5.73 Å². The summed E-state index contributed by atoms with van der Waals surface area (Å²) in [5.41, 5.74) is 7.12. The van der Waals surface area contributed by atoms with Crippen molar-refractivity contribution in [3.63, 3.8) is 0 Å². The summed E-state index contributed by atoms with van der Waals surface area (Å²) in [6.45, 7) is 2.16. The first-order valence-electron chi connectivity index (χ1n) is 5.59. The SMILES string of the molecule is Cc1ncn(Cc2cccc(C(N)=O)c2)c(=O)c1I. The molecule has 0 saturated heterocycles. The third-order valence-corrected chi connectivity index (χ3v) is 3.96. The Morgan fingerprint density at radius 1 is 1.47 bits per heavy atom. The summed E-state index contributed by atoms with van der Waals surface area (Å²) in [4.78, 5) is 27.3. The molecule has 2 rings (SSSR count). The van der Waals surface area contributed by atoms with Crippen LogP contribution in [0.4, 0.5) is 0 Å². The Morgan fingerprint density at radius 2 is 2.21 bits per heavy atom. The number of carbonyl (C=O) groups is 1. The predicted octanol–water partition coefficient (Wildman–Crippen LogP) is 1.30. The summed E-state index contributed by atoms with van der Waals surface area (Å²) >= 11 is 1.98. The average molecular weight is 369 g/mol. The number of halogens is 1. The Hall–Kier alpha value is -1.70. The van der Waals surface area contributed by atoms with Crippen LogP contribution in [0.3, 0.4) is 0 Å². The molecular weight excluding hydrogens is 357 g/mol. The van der Waals surface area contributed by atoms with Crippen LogP contribution in [0.5, 0.6) is 0 Å². The molecule has 2 aromatic rings. The molecule has 1 aromatic carbocycles. The molecule has 1 amide bonds. The van der Waals surface area contributed by atoms with Gasteiger partial charge in [0.15, 0.2) is 0 Å². The van der Waals surface area contributed by atoms with E-state index >= 15 is 0 Å². The average Bonchev–Trinajstić information content (AvgIpc) is 2.40. The Bertz CT molecular complexity index is 695. The maximum atomic E-state index is 12.0. The first-order valence-corrected chi connectivity index (χ1v) is 6.67. The minimum absolute atomic E-state index is 0.0856. The number of amides is 1. The van der Waals surface area contributed by atoms with Crippen LogP contribution in [0.25, 0.3) is 0 Å². The van der Waals surface area contributed by atoms with Crippen molar-refractivity contribution in [1.82, 2.24) is 9.55 Å². The molecule has 98 valence electrons. The van der Waals surface area contributed by atoms with Gasteiger partial charge >= 0.3 is 0 Å². The number of benzene rings is 1. The fraction of sp³-hybridized carbons (Fsp3) is 0.154. The lowest BCUT2D eigenvalue weighted by Gasteiger charge is -2.07. The summed E-state index contributed by atoms with van der Waals surface area (Å²) in [5.74, 6) is -0.481. The zero-order valence-corrected chi connectivity index (χ0v) is 12.4. The van der Waals surface area contributed by atoms with Gasteiger partial charge in [0.1, 0.15) is 0 Å². The van der Waals surface area contributed by atoms with E-state index in [1.165, 1.54) is 10.9 Å². The van der Waals surface area contributed by atoms with E-state index in [0.717, 1.165) is 5.56 Å². The van der Waals surface area contributed by atoms with Crippen LogP contribution in [-0.4, -0.2) is 15.5 Å². The molecule has 0 radical (unpaired) electrons. The monoisotopic (exact) mass is 369 g/mol. The number of rotatable bonds is 3. The van der Waals surface area contributed by atoms with Crippen LogP contribution in [0.1, 0.15) is 21.6 Å². The quantitative estimate of drug-likeness (QED) is 0.829. The van der Waals surface area contributed by atoms with Crippen molar-refractivity contribution < 1.29 is 4.79 Å². The number of aromatic nitrogens is 2. The molecule has 0 aliphatic rings. The van der Waals surface area contributed by atoms with Crippen LogP contribution in [-0.2, 0) is 6.54 Å². The van der Waals surface area contributed by atoms with E-state index in [0.29, 0.717) is 21.4 Å². The molecule has 0 unspecified atom stereocenters. The van der Waals surface area contributed by atoms with Crippen molar-refractivity contribution in [2.45, 2.75) is 13.5 Å². The number of carbonyl (C=O) groups excluding carboxylic acids is 1. The maximum Gasteiger partial charge on any atom is 0.267 e. The van der Waals surface area contributed by atoms with E-state index in [9.17, 15) is 9.59 Å². The summed E-state index contributed by atoms with van der Waals surface area (Å²) in [5, 5.41) is 0. The van der Waals surface area contributed by atoms with Gasteiger partial charge in [0.05, 0.1) is 22.1 Å². The van der Waals surface area contributed by atoms with Crippen LogP contribution >= 0.6 is 22.6 Å². The molecule has 0 spiro atoms. The number of hydrogen-bond donors (Lipinski definition) is 1. The van der Waals surface area contributed by atoms with Gasteiger partial charge in [-0.2, -0.15) is 0 Å². The van der Waals surface area contributed by atoms with Crippen molar-refractivity contribution >= 4 is 28.5 Å². The van der Waals surface area contributed by atoms with Crippen LogP contribution in [0.2, 0.25) is 0 Å². The smallest absolute Gasteiger partial charge is 0.267 e. The third kappa shape index (κ3) is 3.01. The topological polar surface area (TPSA) is 78.0 Å². The Balaban J connectivity index is 2.37. The highest BCUT2D eigenvalue weighted by atomic mass is 127. The molecule has 0 aliphatic heterocycles. The lowest BCUT2D eigenvalue weighted by molar-refractivity contribution is 0.1000. The lowest BCUT2D eigenvalue weighted by atomic mass is 10.1. The van der Waals surface area contributed by atoms with Gasteiger partial charge in [-0.3, -0.25) is 14.2 Å². The van der Waals surface area contributed by atoms with Crippen molar-refractivity contribution in [3.8, 4) is 0 Å². The Kier molecular flexibility index (Phi) is 3.98. The van der Waals surface area contributed by atoms with E-state index in [1.54, 1.807) is 25.1 Å². The molecule has 0 bridgehead atoms. The molecule has 2 N–H and O–H groups in total. The lowest BCUT2D eigenvalue weighted by Crippen LogP contribution is -2.24. The molecule has 0 atom stereocenters. The van der Waals surface area contributed by atoms with Gasteiger partial charge in [0.2, 0.25) is 5.91 Å². The highest BCUT2D eigenvalue weighted by Gasteiger charge is 2.07. The minimum Gasteiger partial charge on any atom is -0.366 e. The second kappa shape index (κ2) is 5.52. The fourth-order valence-electron chi connectivity index (χ4n) is 1.68. The zero-order valence-electron chi connectivity index (χ0n) is 10.3. The Morgan fingerprint density at radius 3 is 2.89 bits per heavy atom. The third-order valence-electron chi connectivity index (χ3n) is 2.72. The minimum atomic E-state index is -0.481. The summed E-state index contributed by atoms with van der Waals surface area (Å²) in [6.07, 6.45) is 1.51. The fourth-order valence-corrected chi connectivity index (χ4v) is 2.13. The zero-order chi connectivity index (χ0) is 14.0. The molecule has 19 heavy (non-hydrogen) atoms. The van der Waals surface area contributed by atoms with E-state index in [2.05, 4.69) is 4.98 Å². The predicted molar refractivity (Wildman–Crippen MR) is 80.0 cm³/mol. The van der Waals surface area contributed by atoms with Gasteiger partial charge in [0, 0.05) is 5.56 Å². The molecule has 5 nitrogen and oxygen atoms in total. The van der Waals surface area contributed by atoms with Crippen molar-refractivity contribution in [2.75, 3.05) is 0 Å². The second-order valence-corrected chi connectivity index (χ2v) is 5.22. The van der Waals surface area contributed by atoms with E-state index < -0.39 is 5.91 Å². The molecule has 0 saturated carbocycles. The van der Waals surface area contributed by atoms with E-state index in [1.807, 2.05) is 28.7 Å². The number of hydrogen-bond acceptors (Lipinski definition) is 3. The normalized spacial score (nSPS) is 10.4. The highest BCUT2D eigenvalue weighted by Crippen LogP contribution is 2.07. The van der Waals surface area contributed by atoms with Crippen molar-refractivity contribution in [2.24, 2.45) is 5.73 Å². The molecule has 6 heteroatoms.